The third-order valence-corrected chi connectivity index (χ3v) is 5.59. The molecule has 2 saturated heterocycles. The van der Waals surface area contributed by atoms with Crippen LogP contribution in [0.3, 0.4) is 0 Å². The van der Waals surface area contributed by atoms with Gasteiger partial charge in [-0.05, 0) is 51.2 Å². The van der Waals surface area contributed by atoms with Gasteiger partial charge < -0.3 is 9.80 Å². The second-order valence-corrected chi connectivity index (χ2v) is 6.92. The van der Waals surface area contributed by atoms with Crippen LogP contribution in [0, 0.1) is 16.7 Å². The van der Waals surface area contributed by atoms with E-state index in [2.05, 4.69) is 16.9 Å². The van der Waals surface area contributed by atoms with Crippen molar-refractivity contribution in [2.24, 2.45) is 12.5 Å². The van der Waals surface area contributed by atoms with Crippen LogP contribution in [0.1, 0.15) is 31.2 Å². The van der Waals surface area contributed by atoms with Crippen molar-refractivity contribution in [1.29, 1.82) is 5.26 Å². The van der Waals surface area contributed by atoms with Gasteiger partial charge in [0.25, 0.3) is 5.56 Å². The summed E-state index contributed by atoms with van der Waals surface area (Å²) in [5, 5.41) is 9.30. The van der Waals surface area contributed by atoms with E-state index in [0.29, 0.717) is 11.2 Å². The van der Waals surface area contributed by atoms with Crippen molar-refractivity contribution in [2.45, 2.75) is 25.7 Å². The summed E-state index contributed by atoms with van der Waals surface area (Å²) >= 11 is 0. The van der Waals surface area contributed by atoms with Gasteiger partial charge in [0.05, 0.1) is 0 Å². The van der Waals surface area contributed by atoms with Gasteiger partial charge >= 0.3 is 5.69 Å². The van der Waals surface area contributed by atoms with Crippen molar-refractivity contribution in [1.82, 2.24) is 14.5 Å². The molecule has 1 aromatic rings. The Morgan fingerprint density at radius 2 is 1.61 bits per heavy atom. The molecule has 0 atom stereocenters. The summed E-state index contributed by atoms with van der Waals surface area (Å²) in [6, 6.07) is 1.95. The number of hydrogen-bond acceptors (Lipinski definition) is 5. The number of aromatic nitrogens is 2. The van der Waals surface area contributed by atoms with Gasteiger partial charge in [-0.1, -0.05) is 0 Å². The van der Waals surface area contributed by atoms with E-state index in [0.717, 1.165) is 43.6 Å². The van der Waals surface area contributed by atoms with Crippen molar-refractivity contribution in [3.63, 3.8) is 0 Å². The molecule has 0 radical (unpaired) electrons. The first-order chi connectivity index (χ1) is 11.0. The Morgan fingerprint density at radius 3 is 2.17 bits per heavy atom. The summed E-state index contributed by atoms with van der Waals surface area (Å²) in [4.78, 5) is 31.0. The Morgan fingerprint density at radius 1 is 1.04 bits per heavy atom. The number of anilines is 1. The number of nitrogens with zero attached hydrogens (tertiary/aromatic N) is 4. The zero-order chi connectivity index (χ0) is 16.6. The van der Waals surface area contributed by atoms with Gasteiger partial charge in [0.2, 0.25) is 0 Å². The second kappa shape index (κ2) is 5.85. The smallest absolute Gasteiger partial charge is 0.329 e. The highest BCUT2D eigenvalue weighted by atomic mass is 16.2. The first-order valence-corrected chi connectivity index (χ1v) is 8.13. The maximum Gasteiger partial charge on any atom is 0.329 e. The zero-order valence-corrected chi connectivity index (χ0v) is 13.8. The van der Waals surface area contributed by atoms with E-state index < -0.39 is 11.2 Å². The summed E-state index contributed by atoms with van der Waals surface area (Å²) in [5.41, 5.74) is -0.573. The molecule has 0 amide bonds. The van der Waals surface area contributed by atoms with Gasteiger partial charge in [-0.2, -0.15) is 5.26 Å². The van der Waals surface area contributed by atoms with E-state index in [1.54, 1.807) is 0 Å². The Kier molecular flexibility index (Phi) is 4.02. The quantitative estimate of drug-likeness (QED) is 0.803. The number of rotatable bonds is 1. The fraction of sp³-hybridized carbons (Fsp3) is 0.688. The molecule has 0 bridgehead atoms. The summed E-state index contributed by atoms with van der Waals surface area (Å²) in [6.45, 7) is 3.82. The lowest BCUT2D eigenvalue weighted by atomic mass is 9.71. The molecule has 2 fully saturated rings. The highest BCUT2D eigenvalue weighted by Gasteiger charge is 2.37. The van der Waals surface area contributed by atoms with Crippen LogP contribution in [0.4, 0.5) is 5.82 Å². The third kappa shape index (κ3) is 2.79. The molecule has 2 aliphatic heterocycles. The Bertz CT molecular complexity index is 739. The van der Waals surface area contributed by atoms with E-state index >= 15 is 0 Å². The molecule has 1 spiro atoms. The fourth-order valence-electron chi connectivity index (χ4n) is 3.74. The van der Waals surface area contributed by atoms with E-state index in [4.69, 9.17) is 0 Å². The highest BCUT2D eigenvalue weighted by Crippen LogP contribution is 2.41. The van der Waals surface area contributed by atoms with Gasteiger partial charge in [0.15, 0.2) is 5.56 Å². The zero-order valence-electron chi connectivity index (χ0n) is 13.8. The second-order valence-electron chi connectivity index (χ2n) is 6.92. The third-order valence-electron chi connectivity index (χ3n) is 5.59. The molecule has 0 saturated carbocycles. The number of nitriles is 1. The van der Waals surface area contributed by atoms with Crippen LogP contribution < -0.4 is 16.1 Å². The number of H-pyrrole nitrogens is 1. The Hall–Kier alpha value is -2.07. The molecule has 7 heteroatoms. The van der Waals surface area contributed by atoms with Gasteiger partial charge in [0.1, 0.15) is 11.9 Å². The molecule has 3 rings (SSSR count). The summed E-state index contributed by atoms with van der Waals surface area (Å²) in [6.07, 6.45) is 4.50. The molecule has 2 aliphatic rings. The average molecular weight is 317 g/mol. The lowest BCUT2D eigenvalue weighted by Gasteiger charge is -2.46. The maximum absolute atomic E-state index is 12.1. The molecule has 0 aliphatic carbocycles. The predicted molar refractivity (Wildman–Crippen MR) is 87.6 cm³/mol. The molecule has 23 heavy (non-hydrogen) atoms. The molecule has 7 nitrogen and oxygen atoms in total. The fourth-order valence-corrected chi connectivity index (χ4v) is 3.74. The minimum absolute atomic E-state index is 0.0337. The molecule has 0 aromatic carbocycles. The minimum Gasteiger partial charge on any atom is -0.357 e. The molecule has 1 aromatic heterocycles. The molecular formula is C16H23N5O2. The summed E-state index contributed by atoms with van der Waals surface area (Å²) in [7, 11) is 3.54. The number of nitrogens with one attached hydrogen (secondary N) is 1. The normalized spacial score (nSPS) is 21.3. The van der Waals surface area contributed by atoms with Crippen LogP contribution in [-0.4, -0.2) is 47.7 Å². The average Bonchev–Trinajstić information content (AvgIpc) is 2.56. The molecular weight excluding hydrogens is 294 g/mol. The SMILES string of the molecule is CN1CCC2(CC1)CCN(c1[nH]c(=O)n(C)c(=O)c1C#N)CC2. The number of likely N-dealkylation sites (tertiary alicyclic amines) is 1. The first kappa shape index (κ1) is 15.8. The van der Waals surface area contributed by atoms with Crippen molar-refractivity contribution < 1.29 is 0 Å². The Balaban J connectivity index is 1.82. The molecule has 1 N–H and O–H groups in total. The first-order valence-electron chi connectivity index (χ1n) is 8.13. The van der Waals surface area contributed by atoms with E-state index in [1.807, 2.05) is 11.0 Å². The van der Waals surface area contributed by atoms with Crippen LogP contribution in [0.25, 0.3) is 0 Å². The standard InChI is InChI=1S/C16H23N5O2/c1-19-7-3-16(4-8-19)5-9-21(10-6-16)13-12(11-17)14(22)20(2)15(23)18-13/h3-10H2,1-2H3,(H,18,23). The lowest BCUT2D eigenvalue weighted by molar-refractivity contribution is 0.0943. The summed E-state index contributed by atoms with van der Waals surface area (Å²) in [5.74, 6) is 0.392. The van der Waals surface area contributed by atoms with Crippen LogP contribution in [-0.2, 0) is 7.05 Å². The monoisotopic (exact) mass is 317 g/mol. The number of hydrogen-bond donors (Lipinski definition) is 1. The van der Waals surface area contributed by atoms with E-state index in [1.165, 1.54) is 19.9 Å². The van der Waals surface area contributed by atoms with E-state index in [-0.39, 0.29) is 5.56 Å². The largest absolute Gasteiger partial charge is 0.357 e. The van der Waals surface area contributed by atoms with Crippen molar-refractivity contribution in [2.75, 3.05) is 38.1 Å². The molecule has 124 valence electrons. The van der Waals surface area contributed by atoms with Gasteiger partial charge in [-0.25, -0.2) is 4.79 Å². The van der Waals surface area contributed by atoms with Gasteiger partial charge in [-0.15, -0.1) is 0 Å². The molecule has 0 unspecified atom stereocenters. The van der Waals surface area contributed by atoms with Crippen molar-refractivity contribution in [3.8, 4) is 6.07 Å². The highest BCUT2D eigenvalue weighted by molar-refractivity contribution is 5.52. The van der Waals surface area contributed by atoms with Crippen molar-refractivity contribution in [3.05, 3.63) is 26.4 Å². The maximum atomic E-state index is 12.1. The van der Waals surface area contributed by atoms with Gasteiger partial charge in [0, 0.05) is 20.1 Å². The van der Waals surface area contributed by atoms with Crippen LogP contribution in [0.2, 0.25) is 0 Å². The minimum atomic E-state index is -0.522. The van der Waals surface area contributed by atoms with E-state index in [9.17, 15) is 14.9 Å². The Labute approximate surface area is 135 Å². The number of aromatic amines is 1. The summed E-state index contributed by atoms with van der Waals surface area (Å²) < 4.78 is 0.949. The predicted octanol–water partition coefficient (Wildman–Crippen LogP) is 0.257. The van der Waals surface area contributed by atoms with Crippen LogP contribution >= 0.6 is 0 Å². The molecule has 3 heterocycles. The lowest BCUT2D eigenvalue weighted by Crippen LogP contribution is -2.47. The topological polar surface area (TPSA) is 85.1 Å². The van der Waals surface area contributed by atoms with Crippen LogP contribution in [0.15, 0.2) is 9.59 Å². The number of piperidine rings is 2. The van der Waals surface area contributed by atoms with Crippen molar-refractivity contribution >= 4 is 5.82 Å². The van der Waals surface area contributed by atoms with Crippen LogP contribution in [0.5, 0.6) is 0 Å². The van der Waals surface area contributed by atoms with Gasteiger partial charge in [-0.3, -0.25) is 14.3 Å².